The molecule has 1 aromatic carbocycles. The van der Waals surface area contributed by atoms with Crippen LogP contribution in [0.5, 0.6) is 0 Å². The zero-order chi connectivity index (χ0) is 10.7. The number of rotatable bonds is 0. The van der Waals surface area contributed by atoms with Crippen LogP contribution in [0.1, 0.15) is 5.56 Å². The molecule has 0 amide bonds. The van der Waals surface area contributed by atoms with Crippen LogP contribution in [0.2, 0.25) is 0 Å². The highest BCUT2D eigenvalue weighted by Crippen LogP contribution is 2.17. The third kappa shape index (κ3) is 1.99. The molecule has 0 unspecified atom stereocenters. The van der Waals surface area contributed by atoms with E-state index in [0.29, 0.717) is 0 Å². The molecule has 0 spiro atoms. The van der Waals surface area contributed by atoms with Crippen LogP contribution in [-0.4, -0.2) is 5.88 Å². The van der Waals surface area contributed by atoms with Crippen molar-refractivity contribution in [1.82, 2.24) is 0 Å². The Hall–Kier alpha value is -1.21. The molecule has 5 heteroatoms. The van der Waals surface area contributed by atoms with Gasteiger partial charge in [0, 0.05) is 6.07 Å². The predicted molar refractivity (Wildman–Crippen MR) is 43.9 cm³/mol. The van der Waals surface area contributed by atoms with E-state index >= 15 is 0 Å². The largest absolute Gasteiger partial charge is 0.204 e. The molecule has 0 fully saturated rings. The predicted octanol–water partition coefficient (Wildman–Crippen LogP) is 2.83. The zero-order valence-corrected chi connectivity index (χ0v) is 7.43. The molecule has 0 radical (unpaired) electrons. The van der Waals surface area contributed by atoms with Crippen molar-refractivity contribution in [1.29, 1.82) is 0 Å². The first-order valence-electron chi connectivity index (χ1n) is 3.45. The minimum Gasteiger partial charge on any atom is -0.204 e. The van der Waals surface area contributed by atoms with Gasteiger partial charge in [-0.3, -0.25) is 0 Å². The van der Waals surface area contributed by atoms with E-state index in [-0.39, 0.29) is 11.9 Å². The van der Waals surface area contributed by atoms with Gasteiger partial charge in [-0.05, 0) is 0 Å². The summed E-state index contributed by atoms with van der Waals surface area (Å²) in [4.78, 5) is 0. The van der Waals surface area contributed by atoms with Crippen molar-refractivity contribution in [3.05, 3.63) is 34.9 Å². The van der Waals surface area contributed by atoms with Gasteiger partial charge in [0.05, 0.1) is 5.88 Å². The van der Waals surface area contributed by atoms with E-state index in [0.717, 1.165) is 0 Å². The molecule has 0 aliphatic rings. The van der Waals surface area contributed by atoms with Gasteiger partial charge < -0.3 is 0 Å². The second kappa shape index (κ2) is 4.34. The Morgan fingerprint density at radius 3 is 2.00 bits per heavy atom. The van der Waals surface area contributed by atoms with E-state index in [1.54, 1.807) is 0 Å². The lowest BCUT2D eigenvalue weighted by Crippen LogP contribution is -1.98. The highest BCUT2D eigenvalue weighted by atomic mass is 35.5. The fourth-order valence-corrected chi connectivity index (χ4v) is 0.872. The van der Waals surface area contributed by atoms with Crippen LogP contribution in [0.3, 0.4) is 0 Å². The first-order valence-corrected chi connectivity index (χ1v) is 3.99. The van der Waals surface area contributed by atoms with Gasteiger partial charge in [0.1, 0.15) is 5.56 Å². The SMILES string of the molecule is Fc1cc(F)c(F)c(C#CCCl)c1F. The van der Waals surface area contributed by atoms with Crippen LogP contribution >= 0.6 is 11.6 Å². The van der Waals surface area contributed by atoms with Crippen LogP contribution in [0.15, 0.2) is 6.07 Å². The second-order valence-electron chi connectivity index (χ2n) is 2.28. The van der Waals surface area contributed by atoms with Crippen molar-refractivity contribution >= 4 is 11.6 Å². The maximum absolute atomic E-state index is 12.8. The number of alkyl halides is 1. The highest BCUT2D eigenvalue weighted by molar-refractivity contribution is 6.19. The number of hydrogen-bond acceptors (Lipinski definition) is 0. The lowest BCUT2D eigenvalue weighted by atomic mass is 10.2. The zero-order valence-electron chi connectivity index (χ0n) is 6.67. The third-order valence-electron chi connectivity index (χ3n) is 1.39. The standard InChI is InChI=1S/C9H3ClF4/c10-3-1-2-5-8(13)6(11)4-7(12)9(5)14/h4H,3H2. The topological polar surface area (TPSA) is 0 Å². The normalized spacial score (nSPS) is 9.50. The summed E-state index contributed by atoms with van der Waals surface area (Å²) >= 11 is 5.13. The molecule has 0 heterocycles. The van der Waals surface area contributed by atoms with Crippen molar-refractivity contribution in [3.8, 4) is 11.8 Å². The summed E-state index contributed by atoms with van der Waals surface area (Å²) in [5.41, 5.74) is -0.942. The molecule has 0 nitrogen and oxygen atoms in total. The lowest BCUT2D eigenvalue weighted by Gasteiger charge is -1.99. The molecule has 0 aromatic heterocycles. The smallest absolute Gasteiger partial charge is 0.177 e. The quantitative estimate of drug-likeness (QED) is 0.274. The Morgan fingerprint density at radius 1 is 1.07 bits per heavy atom. The van der Waals surface area contributed by atoms with Gasteiger partial charge in [-0.1, -0.05) is 11.8 Å². The molecular weight excluding hydrogens is 220 g/mol. The maximum atomic E-state index is 12.8. The minimum atomic E-state index is -1.51. The first kappa shape index (κ1) is 10.9. The average Bonchev–Trinajstić information content (AvgIpc) is 2.15. The van der Waals surface area contributed by atoms with Gasteiger partial charge in [-0.25, -0.2) is 17.6 Å². The molecule has 0 atom stereocenters. The molecule has 0 saturated carbocycles. The van der Waals surface area contributed by atoms with Gasteiger partial charge in [0.2, 0.25) is 0 Å². The van der Waals surface area contributed by atoms with Crippen LogP contribution in [-0.2, 0) is 0 Å². The van der Waals surface area contributed by atoms with Crippen molar-refractivity contribution in [2.24, 2.45) is 0 Å². The Kier molecular flexibility index (Phi) is 3.37. The van der Waals surface area contributed by atoms with E-state index in [2.05, 4.69) is 5.92 Å². The lowest BCUT2D eigenvalue weighted by molar-refractivity contribution is 0.450. The summed E-state index contributed by atoms with van der Waals surface area (Å²) in [6, 6.07) is 0.122. The molecule has 0 N–H and O–H groups in total. The van der Waals surface area contributed by atoms with Gasteiger partial charge in [0.25, 0.3) is 0 Å². The highest BCUT2D eigenvalue weighted by Gasteiger charge is 2.17. The first-order chi connectivity index (χ1) is 6.57. The van der Waals surface area contributed by atoms with E-state index in [9.17, 15) is 17.6 Å². The molecule has 14 heavy (non-hydrogen) atoms. The van der Waals surface area contributed by atoms with E-state index in [4.69, 9.17) is 11.6 Å². The molecule has 0 saturated heterocycles. The Labute approximate surface area is 82.5 Å². The summed E-state index contributed by atoms with van der Waals surface area (Å²) < 4.78 is 50.8. The number of hydrogen-bond donors (Lipinski definition) is 0. The Bertz CT molecular complexity index is 391. The molecule has 0 aliphatic carbocycles. The van der Waals surface area contributed by atoms with Crippen molar-refractivity contribution in [3.63, 3.8) is 0 Å². The van der Waals surface area contributed by atoms with Crippen molar-refractivity contribution in [2.45, 2.75) is 0 Å². The molecule has 1 aromatic rings. The third-order valence-corrected chi connectivity index (χ3v) is 1.53. The minimum absolute atomic E-state index is 0.122. The molecule has 74 valence electrons. The van der Waals surface area contributed by atoms with Crippen molar-refractivity contribution < 1.29 is 17.6 Å². The Balaban J connectivity index is 3.39. The van der Waals surface area contributed by atoms with Gasteiger partial charge in [-0.2, -0.15) is 0 Å². The van der Waals surface area contributed by atoms with E-state index in [1.165, 1.54) is 0 Å². The molecule has 0 aliphatic heterocycles. The van der Waals surface area contributed by atoms with Crippen LogP contribution in [0.4, 0.5) is 17.6 Å². The van der Waals surface area contributed by atoms with Crippen LogP contribution in [0, 0.1) is 35.1 Å². The average molecular weight is 223 g/mol. The monoisotopic (exact) mass is 222 g/mol. The van der Waals surface area contributed by atoms with E-state index < -0.39 is 28.8 Å². The summed E-state index contributed by atoms with van der Waals surface area (Å²) in [7, 11) is 0. The number of benzene rings is 1. The summed E-state index contributed by atoms with van der Waals surface area (Å²) in [5.74, 6) is -2.17. The fraction of sp³-hybridized carbons (Fsp3) is 0.111. The van der Waals surface area contributed by atoms with E-state index in [1.807, 2.05) is 5.92 Å². The van der Waals surface area contributed by atoms with Crippen molar-refractivity contribution in [2.75, 3.05) is 5.88 Å². The summed E-state index contributed by atoms with van der Waals surface area (Å²) in [6.45, 7) is 0. The second-order valence-corrected chi connectivity index (χ2v) is 2.55. The molecular formula is C9H3ClF4. The maximum Gasteiger partial charge on any atom is 0.177 e. The summed E-state index contributed by atoms with van der Waals surface area (Å²) in [5, 5.41) is 0. The number of halogens is 5. The molecule has 1 rings (SSSR count). The fourth-order valence-electron chi connectivity index (χ4n) is 0.805. The van der Waals surface area contributed by atoms with Gasteiger partial charge in [-0.15, -0.1) is 11.6 Å². The Morgan fingerprint density at radius 2 is 1.57 bits per heavy atom. The van der Waals surface area contributed by atoms with Gasteiger partial charge in [0.15, 0.2) is 23.3 Å². The van der Waals surface area contributed by atoms with Gasteiger partial charge >= 0.3 is 0 Å². The molecule has 0 bridgehead atoms. The van der Waals surface area contributed by atoms with Crippen LogP contribution in [0.25, 0.3) is 0 Å². The summed E-state index contributed by atoms with van der Waals surface area (Å²) in [6.07, 6.45) is 0. The van der Waals surface area contributed by atoms with Crippen LogP contribution < -0.4 is 0 Å².